The molecule has 22 heavy (non-hydrogen) atoms. The van der Waals surface area contributed by atoms with Crippen molar-refractivity contribution in [1.82, 2.24) is 19.7 Å². The van der Waals surface area contributed by atoms with Gasteiger partial charge in [-0.15, -0.1) is 0 Å². The van der Waals surface area contributed by atoms with Crippen LogP contribution in [0.4, 0.5) is 0 Å². The summed E-state index contributed by atoms with van der Waals surface area (Å²) < 4.78 is 30.7. The number of aromatic nitrogens is 4. The Bertz CT molecular complexity index is 911. The highest BCUT2D eigenvalue weighted by atomic mass is 32.2. The average molecular weight is 320 g/mol. The lowest BCUT2D eigenvalue weighted by molar-refractivity contribution is 0.363. The number of imidazole rings is 1. The number of aryl methyl sites for hydroxylation is 1. The third-order valence-electron chi connectivity index (χ3n) is 3.23. The van der Waals surface area contributed by atoms with Crippen LogP contribution in [-0.2, 0) is 22.8 Å². The predicted molar refractivity (Wildman–Crippen MR) is 80.2 cm³/mol. The first-order chi connectivity index (χ1) is 10.5. The molecule has 0 aliphatic heterocycles. The fourth-order valence-corrected chi connectivity index (χ4v) is 3.13. The first-order valence-corrected chi connectivity index (χ1v) is 8.85. The molecule has 0 aliphatic rings. The van der Waals surface area contributed by atoms with Gasteiger partial charge in [-0.3, -0.25) is 0 Å². The number of sulfone groups is 1. The van der Waals surface area contributed by atoms with Crippen LogP contribution in [0.5, 0.6) is 0 Å². The van der Waals surface area contributed by atoms with E-state index in [4.69, 9.17) is 4.52 Å². The minimum Gasteiger partial charge on any atom is -0.337 e. The number of para-hydroxylation sites is 2. The van der Waals surface area contributed by atoms with E-state index in [-0.39, 0.29) is 11.7 Å². The summed E-state index contributed by atoms with van der Waals surface area (Å²) in [5, 5.41) is 3.89. The largest absolute Gasteiger partial charge is 0.337 e. The lowest BCUT2D eigenvalue weighted by atomic mass is 10.3. The zero-order valence-electron chi connectivity index (χ0n) is 12.4. The smallest absolute Gasteiger partial charge is 0.246 e. The Balaban J connectivity index is 2.08. The standard InChI is InChI=1S/C14H16N4O3S/c1-3-6-12-16-13(21-17-12)9-18-11-8-5-4-7-10(11)15-14(18)22(2,19)20/h4-5,7-8H,3,6,9H2,1-2H3. The van der Waals surface area contributed by atoms with Gasteiger partial charge in [0.15, 0.2) is 5.82 Å². The molecule has 1 aromatic carbocycles. The molecule has 0 aliphatic carbocycles. The maximum atomic E-state index is 12.0. The minimum atomic E-state index is -3.46. The Hall–Kier alpha value is -2.22. The Morgan fingerprint density at radius 1 is 1.23 bits per heavy atom. The van der Waals surface area contributed by atoms with Crippen molar-refractivity contribution >= 4 is 20.9 Å². The summed E-state index contributed by atoms with van der Waals surface area (Å²) in [5.74, 6) is 0.999. The number of fused-ring (bicyclic) bond motifs is 1. The molecule has 0 atom stereocenters. The van der Waals surface area contributed by atoms with Gasteiger partial charge in [0.05, 0.1) is 11.0 Å². The number of nitrogens with zero attached hydrogens (tertiary/aromatic N) is 4. The number of hydrogen-bond acceptors (Lipinski definition) is 6. The number of rotatable bonds is 5. The van der Waals surface area contributed by atoms with Crippen molar-refractivity contribution in [1.29, 1.82) is 0 Å². The van der Waals surface area contributed by atoms with E-state index in [9.17, 15) is 8.42 Å². The van der Waals surface area contributed by atoms with Crippen molar-refractivity contribution in [3.05, 3.63) is 36.0 Å². The molecular weight excluding hydrogens is 304 g/mol. The van der Waals surface area contributed by atoms with E-state index in [1.807, 2.05) is 25.1 Å². The third-order valence-corrected chi connectivity index (χ3v) is 4.20. The molecule has 7 nitrogen and oxygen atoms in total. The van der Waals surface area contributed by atoms with Crippen LogP contribution in [0, 0.1) is 0 Å². The van der Waals surface area contributed by atoms with Gasteiger partial charge in [-0.05, 0) is 18.6 Å². The first kappa shape index (κ1) is 14.7. The number of benzene rings is 1. The van der Waals surface area contributed by atoms with Crippen molar-refractivity contribution in [3.8, 4) is 0 Å². The highest BCUT2D eigenvalue weighted by molar-refractivity contribution is 7.90. The van der Waals surface area contributed by atoms with Gasteiger partial charge < -0.3 is 9.09 Å². The second kappa shape index (κ2) is 5.53. The summed E-state index contributed by atoms with van der Waals surface area (Å²) in [6.07, 6.45) is 2.79. The summed E-state index contributed by atoms with van der Waals surface area (Å²) in [7, 11) is -3.46. The van der Waals surface area contributed by atoms with Gasteiger partial charge in [-0.1, -0.05) is 24.2 Å². The second-order valence-corrected chi connectivity index (χ2v) is 7.01. The zero-order valence-corrected chi connectivity index (χ0v) is 13.2. The lowest BCUT2D eigenvalue weighted by Gasteiger charge is -2.04. The summed E-state index contributed by atoms with van der Waals surface area (Å²) in [6.45, 7) is 2.21. The van der Waals surface area contributed by atoms with Gasteiger partial charge in [0.25, 0.3) is 0 Å². The van der Waals surface area contributed by atoms with Crippen molar-refractivity contribution in [2.24, 2.45) is 0 Å². The summed E-state index contributed by atoms with van der Waals surface area (Å²) in [5.41, 5.74) is 1.34. The van der Waals surface area contributed by atoms with Crippen LogP contribution >= 0.6 is 0 Å². The van der Waals surface area contributed by atoms with E-state index in [0.29, 0.717) is 17.2 Å². The molecule has 3 rings (SSSR count). The molecule has 116 valence electrons. The molecule has 3 aromatic rings. The SMILES string of the molecule is CCCc1noc(Cn2c(S(C)(=O)=O)nc3ccccc32)n1. The maximum absolute atomic E-state index is 12.0. The van der Waals surface area contributed by atoms with Gasteiger partial charge in [-0.25, -0.2) is 13.4 Å². The quantitative estimate of drug-likeness (QED) is 0.712. The Labute approximate surface area is 127 Å². The molecule has 2 aromatic heterocycles. The molecule has 0 radical (unpaired) electrons. The monoisotopic (exact) mass is 320 g/mol. The Morgan fingerprint density at radius 3 is 2.73 bits per heavy atom. The van der Waals surface area contributed by atoms with Crippen LogP contribution in [0.25, 0.3) is 11.0 Å². The third kappa shape index (κ3) is 2.74. The van der Waals surface area contributed by atoms with Crippen molar-refractivity contribution in [3.63, 3.8) is 0 Å². The minimum absolute atomic E-state index is 0.00365. The van der Waals surface area contributed by atoms with E-state index in [1.54, 1.807) is 10.6 Å². The molecule has 0 spiro atoms. The second-order valence-electron chi connectivity index (χ2n) is 5.10. The van der Waals surface area contributed by atoms with Crippen molar-refractivity contribution in [2.45, 2.75) is 31.5 Å². The van der Waals surface area contributed by atoms with Gasteiger partial charge >= 0.3 is 0 Å². The highest BCUT2D eigenvalue weighted by Gasteiger charge is 2.21. The molecule has 0 fully saturated rings. The maximum Gasteiger partial charge on any atom is 0.246 e. The summed E-state index contributed by atoms with van der Waals surface area (Å²) >= 11 is 0. The molecule has 0 saturated heterocycles. The highest BCUT2D eigenvalue weighted by Crippen LogP contribution is 2.20. The zero-order chi connectivity index (χ0) is 15.7. The number of hydrogen-bond donors (Lipinski definition) is 0. The van der Waals surface area contributed by atoms with E-state index in [2.05, 4.69) is 15.1 Å². The van der Waals surface area contributed by atoms with Crippen molar-refractivity contribution in [2.75, 3.05) is 6.26 Å². The van der Waals surface area contributed by atoms with Gasteiger partial charge in [0.1, 0.15) is 6.54 Å². The topological polar surface area (TPSA) is 90.9 Å². The Kier molecular flexibility index (Phi) is 3.69. The molecule has 0 unspecified atom stereocenters. The Morgan fingerprint density at radius 2 is 2.00 bits per heavy atom. The van der Waals surface area contributed by atoms with Gasteiger partial charge in [0.2, 0.25) is 20.9 Å². The van der Waals surface area contributed by atoms with E-state index in [1.165, 1.54) is 0 Å². The van der Waals surface area contributed by atoms with Crippen LogP contribution in [0.3, 0.4) is 0 Å². The molecule has 0 amide bonds. The van der Waals surface area contributed by atoms with Crippen LogP contribution in [0.15, 0.2) is 33.9 Å². The van der Waals surface area contributed by atoms with Crippen LogP contribution in [0.1, 0.15) is 25.1 Å². The molecule has 0 bridgehead atoms. The van der Waals surface area contributed by atoms with Gasteiger partial charge in [-0.2, -0.15) is 4.98 Å². The summed E-state index contributed by atoms with van der Waals surface area (Å²) in [6, 6.07) is 7.25. The first-order valence-electron chi connectivity index (χ1n) is 6.96. The van der Waals surface area contributed by atoms with Crippen LogP contribution in [-0.4, -0.2) is 34.4 Å². The predicted octanol–water partition coefficient (Wildman–Crippen LogP) is 1.82. The fraction of sp³-hybridized carbons (Fsp3) is 0.357. The van der Waals surface area contributed by atoms with E-state index in [0.717, 1.165) is 24.6 Å². The van der Waals surface area contributed by atoms with E-state index < -0.39 is 9.84 Å². The normalized spacial score (nSPS) is 12.1. The molecule has 8 heteroatoms. The summed E-state index contributed by atoms with van der Waals surface area (Å²) in [4.78, 5) is 8.49. The van der Waals surface area contributed by atoms with Crippen LogP contribution < -0.4 is 0 Å². The fourth-order valence-electron chi connectivity index (χ4n) is 2.30. The molecular formula is C14H16N4O3S. The van der Waals surface area contributed by atoms with E-state index >= 15 is 0 Å². The molecule has 0 saturated carbocycles. The van der Waals surface area contributed by atoms with Crippen molar-refractivity contribution < 1.29 is 12.9 Å². The molecule has 2 heterocycles. The van der Waals surface area contributed by atoms with Crippen LogP contribution in [0.2, 0.25) is 0 Å². The molecule has 0 N–H and O–H groups in total. The lowest BCUT2D eigenvalue weighted by Crippen LogP contribution is -2.10. The van der Waals surface area contributed by atoms with Gasteiger partial charge in [0, 0.05) is 12.7 Å². The average Bonchev–Trinajstić information content (AvgIpc) is 3.05.